The molecule has 0 saturated carbocycles. The summed E-state index contributed by atoms with van der Waals surface area (Å²) in [5.74, 6) is -0.799. The minimum absolute atomic E-state index is 0.0250. The summed E-state index contributed by atoms with van der Waals surface area (Å²) >= 11 is 5.66. The van der Waals surface area contributed by atoms with E-state index in [0.717, 1.165) is 0 Å². The van der Waals surface area contributed by atoms with Gasteiger partial charge in [-0.3, -0.25) is 0 Å². The van der Waals surface area contributed by atoms with E-state index in [9.17, 15) is 4.79 Å². The standard InChI is InChI=1S/C8H5ClN4O2/c9-6-3-12-13(4-6)8-10-1-5(2-11-8)7(14)15/h1-4H,(H,14,15). The van der Waals surface area contributed by atoms with E-state index in [0.29, 0.717) is 5.02 Å². The molecule has 0 radical (unpaired) electrons. The summed E-state index contributed by atoms with van der Waals surface area (Å²) in [5.41, 5.74) is 0.0250. The zero-order valence-corrected chi connectivity index (χ0v) is 8.09. The number of carboxylic acid groups (broad SMARTS) is 1. The molecule has 0 aliphatic heterocycles. The summed E-state index contributed by atoms with van der Waals surface area (Å²) in [5, 5.41) is 13.0. The molecule has 6 nitrogen and oxygen atoms in total. The van der Waals surface area contributed by atoms with Crippen LogP contribution in [0.25, 0.3) is 5.95 Å². The summed E-state index contributed by atoms with van der Waals surface area (Å²) in [4.78, 5) is 18.2. The minimum atomic E-state index is -1.07. The van der Waals surface area contributed by atoms with E-state index in [-0.39, 0.29) is 11.5 Å². The van der Waals surface area contributed by atoms with E-state index in [4.69, 9.17) is 16.7 Å². The van der Waals surface area contributed by atoms with Crippen LogP contribution in [0.15, 0.2) is 24.8 Å². The average Bonchev–Trinajstić information content (AvgIpc) is 2.65. The van der Waals surface area contributed by atoms with Gasteiger partial charge in [0.25, 0.3) is 5.95 Å². The monoisotopic (exact) mass is 224 g/mol. The Bertz CT molecular complexity index is 494. The Hall–Kier alpha value is -1.95. The Morgan fingerprint density at radius 1 is 1.33 bits per heavy atom. The summed E-state index contributed by atoms with van der Waals surface area (Å²) in [6, 6.07) is 0. The lowest BCUT2D eigenvalue weighted by atomic mass is 10.4. The zero-order chi connectivity index (χ0) is 10.8. The normalized spacial score (nSPS) is 10.2. The Kier molecular flexibility index (Phi) is 2.34. The zero-order valence-electron chi connectivity index (χ0n) is 7.33. The molecule has 2 heterocycles. The maximum absolute atomic E-state index is 10.5. The van der Waals surface area contributed by atoms with Crippen molar-refractivity contribution in [3.05, 3.63) is 35.4 Å². The molecule has 0 amide bonds. The number of hydrogen-bond acceptors (Lipinski definition) is 4. The van der Waals surface area contributed by atoms with Crippen LogP contribution < -0.4 is 0 Å². The second-order valence-electron chi connectivity index (χ2n) is 2.68. The largest absolute Gasteiger partial charge is 0.478 e. The van der Waals surface area contributed by atoms with Crippen molar-refractivity contribution in [2.24, 2.45) is 0 Å². The van der Waals surface area contributed by atoms with Crippen molar-refractivity contribution >= 4 is 17.6 Å². The van der Waals surface area contributed by atoms with Crippen molar-refractivity contribution in [3.8, 4) is 5.95 Å². The fourth-order valence-electron chi connectivity index (χ4n) is 0.960. The number of carbonyl (C=O) groups is 1. The number of halogens is 1. The van der Waals surface area contributed by atoms with Crippen LogP contribution in [0.1, 0.15) is 10.4 Å². The van der Waals surface area contributed by atoms with Gasteiger partial charge in [-0.2, -0.15) is 5.10 Å². The summed E-state index contributed by atoms with van der Waals surface area (Å²) in [7, 11) is 0. The molecule has 2 aromatic rings. The molecule has 2 rings (SSSR count). The fraction of sp³-hybridized carbons (Fsp3) is 0. The molecule has 0 saturated heterocycles. The number of nitrogens with zero attached hydrogens (tertiary/aromatic N) is 4. The molecule has 0 aliphatic rings. The maximum Gasteiger partial charge on any atom is 0.338 e. The van der Waals surface area contributed by atoms with Gasteiger partial charge in [0.1, 0.15) is 0 Å². The molecule has 0 spiro atoms. The molecule has 0 aromatic carbocycles. The Balaban J connectivity index is 2.35. The Morgan fingerprint density at radius 2 is 2.00 bits per heavy atom. The molecule has 0 aliphatic carbocycles. The van der Waals surface area contributed by atoms with Gasteiger partial charge in [-0.05, 0) is 0 Å². The maximum atomic E-state index is 10.5. The first kappa shape index (κ1) is 9.60. The number of aromatic carboxylic acids is 1. The third kappa shape index (κ3) is 1.94. The van der Waals surface area contributed by atoms with E-state index in [1.165, 1.54) is 29.5 Å². The van der Waals surface area contributed by atoms with Gasteiger partial charge in [-0.25, -0.2) is 19.4 Å². The Morgan fingerprint density at radius 3 is 2.47 bits per heavy atom. The van der Waals surface area contributed by atoms with Crippen molar-refractivity contribution in [1.29, 1.82) is 0 Å². The van der Waals surface area contributed by atoms with Crippen molar-refractivity contribution in [2.75, 3.05) is 0 Å². The van der Waals surface area contributed by atoms with Crippen LogP contribution in [0.2, 0.25) is 5.02 Å². The summed E-state index contributed by atoms with van der Waals surface area (Å²) < 4.78 is 1.36. The van der Waals surface area contributed by atoms with E-state index in [1.807, 2.05) is 0 Å². The number of aromatic nitrogens is 4. The first-order valence-corrected chi connectivity index (χ1v) is 4.30. The van der Waals surface area contributed by atoms with Gasteiger partial charge in [-0.1, -0.05) is 11.6 Å². The molecule has 76 valence electrons. The number of rotatable bonds is 2. The lowest BCUT2D eigenvalue weighted by Crippen LogP contribution is -2.04. The number of carboxylic acids is 1. The first-order valence-electron chi connectivity index (χ1n) is 3.93. The van der Waals surface area contributed by atoms with E-state index < -0.39 is 5.97 Å². The van der Waals surface area contributed by atoms with Gasteiger partial charge < -0.3 is 5.11 Å². The molecule has 1 N–H and O–H groups in total. The molecule has 2 aromatic heterocycles. The average molecular weight is 225 g/mol. The van der Waals surface area contributed by atoms with E-state index in [1.54, 1.807) is 0 Å². The third-order valence-corrected chi connectivity index (χ3v) is 1.84. The molecule has 15 heavy (non-hydrogen) atoms. The van der Waals surface area contributed by atoms with Crippen molar-refractivity contribution in [3.63, 3.8) is 0 Å². The van der Waals surface area contributed by atoms with Crippen LogP contribution in [0, 0.1) is 0 Å². The van der Waals surface area contributed by atoms with Crippen LogP contribution in [-0.2, 0) is 0 Å². The van der Waals surface area contributed by atoms with Crippen molar-refractivity contribution in [2.45, 2.75) is 0 Å². The van der Waals surface area contributed by atoms with E-state index >= 15 is 0 Å². The van der Waals surface area contributed by atoms with Gasteiger partial charge in [0.2, 0.25) is 0 Å². The molecule has 0 bridgehead atoms. The predicted octanol–water partition coefficient (Wildman–Crippen LogP) is 1.01. The highest BCUT2D eigenvalue weighted by Gasteiger charge is 2.06. The lowest BCUT2D eigenvalue weighted by molar-refractivity contribution is 0.0696. The van der Waals surface area contributed by atoms with Gasteiger partial charge in [0.15, 0.2) is 0 Å². The summed E-state index contributed by atoms with van der Waals surface area (Å²) in [6.07, 6.45) is 5.38. The summed E-state index contributed by atoms with van der Waals surface area (Å²) in [6.45, 7) is 0. The van der Waals surface area contributed by atoms with Gasteiger partial charge >= 0.3 is 5.97 Å². The molecule has 0 unspecified atom stereocenters. The second kappa shape index (κ2) is 3.66. The second-order valence-corrected chi connectivity index (χ2v) is 3.12. The quantitative estimate of drug-likeness (QED) is 0.824. The Labute approximate surface area is 89.2 Å². The van der Waals surface area contributed by atoms with Crippen LogP contribution in [0.3, 0.4) is 0 Å². The highest BCUT2D eigenvalue weighted by Crippen LogP contribution is 2.08. The van der Waals surface area contributed by atoms with Crippen LogP contribution in [0.5, 0.6) is 0 Å². The van der Waals surface area contributed by atoms with Crippen LogP contribution >= 0.6 is 11.6 Å². The molecular weight excluding hydrogens is 220 g/mol. The molecule has 0 atom stereocenters. The van der Waals surface area contributed by atoms with Crippen molar-refractivity contribution in [1.82, 2.24) is 19.7 Å². The third-order valence-electron chi connectivity index (χ3n) is 1.64. The predicted molar refractivity (Wildman–Crippen MR) is 51.1 cm³/mol. The van der Waals surface area contributed by atoms with Gasteiger partial charge in [0.05, 0.1) is 23.0 Å². The highest BCUT2D eigenvalue weighted by molar-refractivity contribution is 6.30. The van der Waals surface area contributed by atoms with Gasteiger partial charge in [-0.15, -0.1) is 0 Å². The molecule has 7 heteroatoms. The SMILES string of the molecule is O=C(O)c1cnc(-n2cc(Cl)cn2)nc1. The smallest absolute Gasteiger partial charge is 0.338 e. The molecular formula is C8H5ClN4O2. The highest BCUT2D eigenvalue weighted by atomic mass is 35.5. The van der Waals surface area contributed by atoms with E-state index in [2.05, 4.69) is 15.1 Å². The van der Waals surface area contributed by atoms with Crippen LogP contribution in [-0.4, -0.2) is 30.8 Å². The number of hydrogen-bond donors (Lipinski definition) is 1. The minimum Gasteiger partial charge on any atom is -0.478 e. The molecule has 0 fully saturated rings. The van der Waals surface area contributed by atoms with Crippen molar-refractivity contribution < 1.29 is 9.90 Å². The lowest BCUT2D eigenvalue weighted by Gasteiger charge is -1.98. The topological polar surface area (TPSA) is 80.9 Å². The first-order chi connectivity index (χ1) is 7.16. The van der Waals surface area contributed by atoms with Crippen LogP contribution in [0.4, 0.5) is 0 Å². The fourth-order valence-corrected chi connectivity index (χ4v) is 1.10. The van der Waals surface area contributed by atoms with Gasteiger partial charge in [0, 0.05) is 12.4 Å².